The van der Waals surface area contributed by atoms with Gasteiger partial charge in [0.2, 0.25) is 5.91 Å². The monoisotopic (exact) mass is 445 g/mol. The summed E-state index contributed by atoms with van der Waals surface area (Å²) in [5, 5.41) is 7.49. The van der Waals surface area contributed by atoms with Gasteiger partial charge in [-0.3, -0.25) is 9.59 Å². The second-order valence-corrected chi connectivity index (χ2v) is 10.9. The summed E-state index contributed by atoms with van der Waals surface area (Å²) in [6.45, 7) is 7.26. The van der Waals surface area contributed by atoms with E-state index < -0.39 is 15.6 Å². The van der Waals surface area contributed by atoms with Crippen molar-refractivity contribution in [3.63, 3.8) is 0 Å². The van der Waals surface area contributed by atoms with E-state index in [-0.39, 0.29) is 17.1 Å². The molecule has 1 fully saturated rings. The molecule has 1 aromatic heterocycles. The summed E-state index contributed by atoms with van der Waals surface area (Å²) < 4.78 is 19.0. The molecule has 0 radical (unpaired) electrons. The summed E-state index contributed by atoms with van der Waals surface area (Å²) in [6, 6.07) is 6.93. The van der Waals surface area contributed by atoms with Gasteiger partial charge in [0.25, 0.3) is 5.91 Å². The Balaban J connectivity index is 1.73. The third kappa shape index (κ3) is 5.20. The molecule has 3 atom stereocenters. The van der Waals surface area contributed by atoms with Gasteiger partial charge >= 0.3 is 0 Å². The van der Waals surface area contributed by atoms with Crippen molar-refractivity contribution in [2.24, 2.45) is 16.2 Å². The number of carbonyl (C=O) groups is 2. The first-order chi connectivity index (χ1) is 14.7. The van der Waals surface area contributed by atoms with Crippen LogP contribution < -0.4 is 0 Å². The van der Waals surface area contributed by atoms with Gasteiger partial charge in [-0.05, 0) is 30.9 Å². The van der Waals surface area contributed by atoms with Crippen LogP contribution in [0.3, 0.4) is 0 Å². The SMILES string of the molecule is CCC(C)C(C)C(=O)N1CCC(S(C)(=O)=NC(=O)c2ccccc2-n2ccnn2)CC1. The molecule has 0 aliphatic carbocycles. The lowest BCUT2D eigenvalue weighted by atomic mass is 9.92. The van der Waals surface area contributed by atoms with Crippen LogP contribution in [-0.4, -0.2) is 60.5 Å². The van der Waals surface area contributed by atoms with Gasteiger partial charge < -0.3 is 4.90 Å². The first-order valence-electron chi connectivity index (χ1n) is 10.7. The highest BCUT2D eigenvalue weighted by Gasteiger charge is 2.31. The van der Waals surface area contributed by atoms with Crippen LogP contribution in [0, 0.1) is 11.8 Å². The number of aromatic nitrogens is 3. The lowest BCUT2D eigenvalue weighted by molar-refractivity contribution is -0.137. The average Bonchev–Trinajstić information content (AvgIpc) is 3.32. The van der Waals surface area contributed by atoms with Gasteiger partial charge in [-0.25, -0.2) is 8.89 Å². The molecule has 2 amide bonds. The summed E-state index contributed by atoms with van der Waals surface area (Å²) in [5.41, 5.74) is 0.876. The van der Waals surface area contributed by atoms with E-state index in [2.05, 4.69) is 28.5 Å². The normalized spacial score (nSPS) is 18.8. The molecule has 9 heteroatoms. The Kier molecular flexibility index (Phi) is 7.25. The standard InChI is InChI=1S/C22H31N5O3S/c1-5-16(2)17(3)22(29)26-13-10-18(11-14-26)31(4,30)24-21(28)19-8-6-7-9-20(19)27-15-12-23-25-27/h6-9,12,15-18H,5,10-11,13-14H2,1-4H3. The number of hydrogen-bond donors (Lipinski definition) is 0. The Morgan fingerprint density at radius 1 is 1.23 bits per heavy atom. The number of amides is 2. The van der Waals surface area contributed by atoms with Crippen LogP contribution in [0.4, 0.5) is 0 Å². The molecule has 0 N–H and O–H groups in total. The third-order valence-electron chi connectivity index (χ3n) is 6.33. The highest BCUT2D eigenvalue weighted by Crippen LogP contribution is 2.24. The van der Waals surface area contributed by atoms with Crippen molar-refractivity contribution in [1.29, 1.82) is 0 Å². The molecule has 0 saturated carbocycles. The minimum absolute atomic E-state index is 0.0212. The summed E-state index contributed by atoms with van der Waals surface area (Å²) in [6.07, 6.45) is 6.84. The molecule has 1 aromatic carbocycles. The van der Waals surface area contributed by atoms with Crippen LogP contribution in [-0.2, 0) is 14.5 Å². The molecule has 2 heterocycles. The number of carbonyl (C=O) groups excluding carboxylic acids is 2. The number of benzene rings is 1. The second kappa shape index (κ2) is 9.72. The number of hydrogen-bond acceptors (Lipinski definition) is 5. The van der Waals surface area contributed by atoms with E-state index in [1.54, 1.807) is 36.7 Å². The van der Waals surface area contributed by atoms with Gasteiger partial charge in [0.15, 0.2) is 0 Å². The van der Waals surface area contributed by atoms with Crippen molar-refractivity contribution in [2.75, 3.05) is 19.3 Å². The van der Waals surface area contributed by atoms with Gasteiger partial charge in [-0.15, -0.1) is 5.10 Å². The Morgan fingerprint density at radius 3 is 2.52 bits per heavy atom. The van der Waals surface area contributed by atoms with E-state index in [9.17, 15) is 13.8 Å². The zero-order chi connectivity index (χ0) is 22.6. The summed E-state index contributed by atoms with van der Waals surface area (Å²) in [7, 11) is -2.76. The maximum absolute atomic E-state index is 13.4. The summed E-state index contributed by atoms with van der Waals surface area (Å²) >= 11 is 0. The highest BCUT2D eigenvalue weighted by molar-refractivity contribution is 7.93. The number of rotatable bonds is 6. The summed E-state index contributed by atoms with van der Waals surface area (Å²) in [4.78, 5) is 27.5. The summed E-state index contributed by atoms with van der Waals surface area (Å²) in [5.74, 6) is -0.0574. The number of likely N-dealkylation sites (tertiary alicyclic amines) is 1. The lowest BCUT2D eigenvalue weighted by Crippen LogP contribution is -2.45. The molecule has 168 valence electrons. The first-order valence-corrected chi connectivity index (χ1v) is 12.7. The topological polar surface area (TPSA) is 97.5 Å². The molecule has 3 rings (SSSR count). The quantitative estimate of drug-likeness (QED) is 0.680. The van der Waals surface area contributed by atoms with Crippen molar-refractivity contribution in [3.8, 4) is 5.69 Å². The molecule has 0 bridgehead atoms. The molecular weight excluding hydrogens is 414 g/mol. The van der Waals surface area contributed by atoms with E-state index in [0.717, 1.165) is 6.42 Å². The molecule has 31 heavy (non-hydrogen) atoms. The fourth-order valence-corrected chi connectivity index (χ4v) is 5.54. The Hall–Kier alpha value is -2.55. The van der Waals surface area contributed by atoms with Crippen molar-refractivity contribution in [3.05, 3.63) is 42.2 Å². The zero-order valence-electron chi connectivity index (χ0n) is 18.6. The van der Waals surface area contributed by atoms with Crippen molar-refractivity contribution < 1.29 is 13.8 Å². The van der Waals surface area contributed by atoms with Gasteiger partial charge in [0.1, 0.15) is 0 Å². The second-order valence-electron chi connectivity index (χ2n) is 8.32. The maximum atomic E-state index is 13.4. The van der Waals surface area contributed by atoms with Crippen LogP contribution in [0.2, 0.25) is 0 Å². The largest absolute Gasteiger partial charge is 0.342 e. The van der Waals surface area contributed by atoms with Crippen LogP contribution in [0.15, 0.2) is 41.0 Å². The van der Waals surface area contributed by atoms with Gasteiger partial charge in [0.05, 0.1) is 33.4 Å². The van der Waals surface area contributed by atoms with Gasteiger partial charge in [-0.1, -0.05) is 44.5 Å². The molecule has 1 saturated heterocycles. The Labute approximate surface area is 184 Å². The minimum atomic E-state index is -2.76. The fourth-order valence-electron chi connectivity index (χ4n) is 3.88. The zero-order valence-corrected chi connectivity index (χ0v) is 19.4. The fraction of sp³-hybridized carbons (Fsp3) is 0.545. The predicted molar refractivity (Wildman–Crippen MR) is 120 cm³/mol. The van der Waals surface area contributed by atoms with Crippen LogP contribution in [0.25, 0.3) is 5.69 Å². The number of para-hydroxylation sites is 1. The van der Waals surface area contributed by atoms with Gasteiger partial charge in [0, 0.05) is 30.5 Å². The number of nitrogens with zero attached hydrogens (tertiary/aromatic N) is 5. The highest BCUT2D eigenvalue weighted by atomic mass is 32.2. The molecule has 1 aliphatic rings. The van der Waals surface area contributed by atoms with E-state index >= 15 is 0 Å². The Morgan fingerprint density at radius 2 is 1.90 bits per heavy atom. The van der Waals surface area contributed by atoms with Crippen LogP contribution >= 0.6 is 0 Å². The Bertz CT molecular complexity index is 1040. The van der Waals surface area contributed by atoms with E-state index in [0.29, 0.717) is 43.1 Å². The number of piperidine rings is 1. The first kappa shape index (κ1) is 23.1. The third-order valence-corrected chi connectivity index (χ3v) is 8.56. The molecular formula is C22H31N5O3S. The smallest absolute Gasteiger partial charge is 0.287 e. The average molecular weight is 446 g/mol. The molecule has 2 aromatic rings. The molecule has 1 aliphatic heterocycles. The van der Waals surface area contributed by atoms with E-state index in [1.807, 2.05) is 11.8 Å². The molecule has 8 nitrogen and oxygen atoms in total. The van der Waals surface area contributed by atoms with Crippen molar-refractivity contribution >= 4 is 21.5 Å². The van der Waals surface area contributed by atoms with Crippen molar-refractivity contribution in [1.82, 2.24) is 19.9 Å². The van der Waals surface area contributed by atoms with Gasteiger partial charge in [-0.2, -0.15) is 4.36 Å². The van der Waals surface area contributed by atoms with Crippen LogP contribution in [0.5, 0.6) is 0 Å². The van der Waals surface area contributed by atoms with Crippen LogP contribution in [0.1, 0.15) is 50.4 Å². The van der Waals surface area contributed by atoms with E-state index in [4.69, 9.17) is 0 Å². The predicted octanol–water partition coefficient (Wildman–Crippen LogP) is 3.18. The minimum Gasteiger partial charge on any atom is -0.342 e. The molecule has 0 spiro atoms. The maximum Gasteiger partial charge on any atom is 0.287 e. The molecule has 3 unspecified atom stereocenters. The van der Waals surface area contributed by atoms with Crippen molar-refractivity contribution in [2.45, 2.75) is 45.3 Å². The lowest BCUT2D eigenvalue weighted by Gasteiger charge is -2.35. The van der Waals surface area contributed by atoms with E-state index in [1.165, 1.54) is 10.9 Å².